The molecule has 0 aromatic heterocycles. The van der Waals surface area contributed by atoms with Crippen molar-refractivity contribution in [1.82, 2.24) is 9.80 Å². The summed E-state index contributed by atoms with van der Waals surface area (Å²) in [5.74, 6) is 2.34. The Morgan fingerprint density at radius 2 is 1.59 bits per heavy atom. The summed E-state index contributed by atoms with van der Waals surface area (Å²) in [6, 6.07) is 20.3. The zero-order valence-electron chi connectivity index (χ0n) is 19.2. The predicted molar refractivity (Wildman–Crippen MR) is 127 cm³/mol. The smallest absolute Gasteiger partial charge is 0.204 e. The number of benzene rings is 2. The van der Waals surface area contributed by atoms with Crippen molar-refractivity contribution in [2.24, 2.45) is 23.7 Å². The third kappa shape index (κ3) is 4.28. The van der Waals surface area contributed by atoms with Gasteiger partial charge in [-0.1, -0.05) is 86.3 Å². The second-order valence-electron chi connectivity index (χ2n) is 10.4. The van der Waals surface area contributed by atoms with Gasteiger partial charge in [0.1, 0.15) is 0 Å². The second kappa shape index (κ2) is 9.09. The van der Waals surface area contributed by atoms with Crippen LogP contribution in [0.15, 0.2) is 60.7 Å². The van der Waals surface area contributed by atoms with Gasteiger partial charge in [-0.15, -0.1) is 0 Å². The Balaban J connectivity index is 1.23. The number of carbonyl (C=O) groups is 1. The van der Waals surface area contributed by atoms with E-state index in [9.17, 15) is 9.90 Å². The maximum absolute atomic E-state index is 13.5. The van der Waals surface area contributed by atoms with Crippen molar-refractivity contribution in [3.8, 4) is 0 Å². The molecule has 1 saturated heterocycles. The molecular weight excluding hydrogens is 396 g/mol. The zero-order chi connectivity index (χ0) is 22.1. The highest BCUT2D eigenvalue weighted by Crippen LogP contribution is 2.53. The van der Waals surface area contributed by atoms with Crippen LogP contribution in [0.1, 0.15) is 43.2 Å². The Kier molecular flexibility index (Phi) is 6.20. The molecule has 0 spiro atoms. The van der Waals surface area contributed by atoms with Gasteiger partial charge >= 0.3 is 0 Å². The lowest BCUT2D eigenvalue weighted by atomic mass is 9.89. The summed E-state index contributed by atoms with van der Waals surface area (Å²) in [5, 5.41) is 11.8. The van der Waals surface area contributed by atoms with E-state index >= 15 is 0 Å². The first-order chi connectivity index (χ1) is 15.6. The highest BCUT2D eigenvalue weighted by Gasteiger charge is 2.57. The molecule has 2 saturated carbocycles. The molecule has 4 heteroatoms. The summed E-state index contributed by atoms with van der Waals surface area (Å²) in [6.45, 7) is 4.04. The predicted octanol–water partition coefficient (Wildman–Crippen LogP) is 4.29. The largest absolute Gasteiger partial charge is 0.365 e. The van der Waals surface area contributed by atoms with Crippen LogP contribution in [-0.2, 0) is 17.1 Å². The number of piperidine rings is 1. The lowest BCUT2D eigenvalue weighted by Gasteiger charge is -2.37. The van der Waals surface area contributed by atoms with E-state index in [4.69, 9.17) is 0 Å². The molecule has 0 radical (unpaired) electrons. The molecule has 1 aliphatic heterocycles. The summed E-state index contributed by atoms with van der Waals surface area (Å²) in [6.07, 6.45) is 5.14. The number of likely N-dealkylation sites (N-methyl/N-ethyl adjacent to an activating group) is 1. The quantitative estimate of drug-likeness (QED) is 0.601. The van der Waals surface area contributed by atoms with Crippen molar-refractivity contribution in [2.45, 2.75) is 44.4 Å². The van der Waals surface area contributed by atoms with Gasteiger partial charge in [0.05, 0.1) is 0 Å². The molecule has 32 heavy (non-hydrogen) atoms. The van der Waals surface area contributed by atoms with Gasteiger partial charge in [0.25, 0.3) is 0 Å². The van der Waals surface area contributed by atoms with Crippen LogP contribution in [0.2, 0.25) is 0 Å². The average molecular weight is 433 g/mol. The maximum atomic E-state index is 13.5. The number of Topliss-reactive ketones (excluding diaryl/α,β-unsaturated/α-hetero) is 1. The third-order valence-electron chi connectivity index (χ3n) is 8.25. The molecule has 3 unspecified atom stereocenters. The minimum absolute atomic E-state index is 0.0328. The van der Waals surface area contributed by atoms with Gasteiger partial charge in [-0.05, 0) is 36.3 Å². The van der Waals surface area contributed by atoms with Gasteiger partial charge < -0.3 is 5.11 Å². The summed E-state index contributed by atoms with van der Waals surface area (Å²) in [7, 11) is 1.94. The van der Waals surface area contributed by atoms with Gasteiger partial charge in [0, 0.05) is 38.2 Å². The number of carbonyl (C=O) groups excluding carboxylic acids is 1. The van der Waals surface area contributed by atoms with Crippen molar-refractivity contribution in [3.63, 3.8) is 0 Å². The van der Waals surface area contributed by atoms with Crippen LogP contribution in [0.5, 0.6) is 0 Å². The van der Waals surface area contributed by atoms with Gasteiger partial charge in [0.2, 0.25) is 5.72 Å². The summed E-state index contributed by atoms with van der Waals surface area (Å²) >= 11 is 0. The second-order valence-corrected chi connectivity index (χ2v) is 10.4. The van der Waals surface area contributed by atoms with E-state index in [1.807, 2.05) is 42.3 Å². The highest BCUT2D eigenvalue weighted by atomic mass is 16.3. The normalized spacial score (nSPS) is 27.4. The lowest BCUT2D eigenvalue weighted by molar-refractivity contribution is -0.163. The van der Waals surface area contributed by atoms with Crippen molar-refractivity contribution in [2.75, 3.05) is 26.7 Å². The number of nitrogens with zero attached hydrogens (tertiary/aromatic N) is 2. The molecule has 2 aliphatic carbocycles. The van der Waals surface area contributed by atoms with Crippen molar-refractivity contribution in [1.29, 1.82) is 0 Å². The number of fused-ring (bicyclic) bond motifs is 1. The molecule has 0 bridgehead atoms. The van der Waals surface area contributed by atoms with Gasteiger partial charge in [-0.2, -0.15) is 0 Å². The van der Waals surface area contributed by atoms with E-state index < -0.39 is 5.72 Å². The monoisotopic (exact) mass is 432 g/mol. The summed E-state index contributed by atoms with van der Waals surface area (Å²) in [5.41, 5.74) is 0.560. The van der Waals surface area contributed by atoms with Crippen LogP contribution in [0, 0.1) is 23.7 Å². The molecule has 2 aromatic carbocycles. The fraction of sp³-hybridized carbons (Fsp3) is 0.536. The molecule has 2 aromatic rings. The van der Waals surface area contributed by atoms with Crippen LogP contribution < -0.4 is 0 Å². The first kappa shape index (κ1) is 21.8. The SMILES string of the molecule is CN(CC1C2CN(Cc3ccccc3)CC21)C(O)(C(=O)CC1CCCC1)c1ccccc1. The van der Waals surface area contributed by atoms with Crippen molar-refractivity contribution in [3.05, 3.63) is 71.8 Å². The van der Waals surface area contributed by atoms with Crippen molar-refractivity contribution >= 4 is 5.78 Å². The van der Waals surface area contributed by atoms with Crippen LogP contribution in [0.3, 0.4) is 0 Å². The zero-order valence-corrected chi connectivity index (χ0v) is 19.2. The standard InChI is InChI=1S/C28H36N2O2/c1-29(18-24-25-19-30(20-26(24)25)17-22-12-4-2-5-13-22)28(32,23-14-6-3-7-15-23)27(31)16-21-10-8-9-11-21/h2-7,12-15,21,24-26,32H,8-11,16-20H2,1H3. The third-order valence-corrected chi connectivity index (χ3v) is 8.25. The fourth-order valence-corrected chi connectivity index (χ4v) is 6.31. The Bertz CT molecular complexity index is 900. The first-order valence-electron chi connectivity index (χ1n) is 12.3. The van der Waals surface area contributed by atoms with Crippen LogP contribution in [-0.4, -0.2) is 47.4 Å². The van der Waals surface area contributed by atoms with Crippen LogP contribution in [0.4, 0.5) is 0 Å². The first-order valence-corrected chi connectivity index (χ1v) is 12.3. The molecule has 3 fully saturated rings. The minimum Gasteiger partial charge on any atom is -0.365 e. The molecule has 3 atom stereocenters. The lowest BCUT2D eigenvalue weighted by Crippen LogP contribution is -2.51. The molecule has 5 rings (SSSR count). The van der Waals surface area contributed by atoms with E-state index in [2.05, 4.69) is 35.2 Å². The summed E-state index contributed by atoms with van der Waals surface area (Å²) < 4.78 is 0. The van der Waals surface area contributed by atoms with Crippen LogP contribution >= 0.6 is 0 Å². The molecule has 0 amide bonds. The maximum Gasteiger partial charge on any atom is 0.204 e. The number of rotatable bonds is 9. The van der Waals surface area contributed by atoms with Gasteiger partial charge in [0.15, 0.2) is 5.78 Å². The van der Waals surface area contributed by atoms with Gasteiger partial charge in [-0.25, -0.2) is 0 Å². The molecule has 4 nitrogen and oxygen atoms in total. The van der Waals surface area contributed by atoms with E-state index in [0.29, 0.717) is 35.7 Å². The highest BCUT2D eigenvalue weighted by molar-refractivity contribution is 5.88. The molecule has 3 aliphatic rings. The Hall–Kier alpha value is -2.01. The fourth-order valence-electron chi connectivity index (χ4n) is 6.31. The number of hydrogen-bond donors (Lipinski definition) is 1. The van der Waals surface area contributed by atoms with Gasteiger partial charge in [-0.3, -0.25) is 14.6 Å². The topological polar surface area (TPSA) is 43.8 Å². The van der Waals surface area contributed by atoms with Crippen molar-refractivity contribution < 1.29 is 9.90 Å². The van der Waals surface area contributed by atoms with E-state index in [-0.39, 0.29) is 5.78 Å². The number of aliphatic hydroxyl groups is 1. The minimum atomic E-state index is -1.52. The average Bonchev–Trinajstić information content (AvgIpc) is 3.20. The number of likely N-dealkylation sites (tertiary alicyclic amines) is 1. The van der Waals surface area contributed by atoms with E-state index in [1.165, 1.54) is 18.4 Å². The Labute approximate surface area is 192 Å². The molecule has 1 N–H and O–H groups in total. The Morgan fingerprint density at radius 3 is 2.22 bits per heavy atom. The summed E-state index contributed by atoms with van der Waals surface area (Å²) in [4.78, 5) is 18.0. The molecule has 1 heterocycles. The Morgan fingerprint density at radius 1 is 1.00 bits per heavy atom. The van der Waals surface area contributed by atoms with E-state index in [0.717, 1.165) is 39.0 Å². The number of hydrogen-bond acceptors (Lipinski definition) is 4. The number of ketones is 1. The molecular formula is C28H36N2O2. The van der Waals surface area contributed by atoms with Crippen LogP contribution in [0.25, 0.3) is 0 Å². The molecule has 170 valence electrons. The van der Waals surface area contributed by atoms with E-state index in [1.54, 1.807) is 0 Å².